The van der Waals surface area contributed by atoms with E-state index in [1.807, 2.05) is 6.07 Å². The maximum atomic E-state index is 12.0. The number of aliphatic hydroxyl groups is 1. The highest BCUT2D eigenvalue weighted by Crippen LogP contribution is 2.61. The molecule has 3 fully saturated rings. The second kappa shape index (κ2) is 5.46. The smallest absolute Gasteiger partial charge is 0.220 e. The second-order valence-corrected chi connectivity index (χ2v) is 8.95. The number of carbonyl (C=O) groups excluding carboxylic acids is 1. The molecule has 1 aliphatic heterocycles. The third kappa shape index (κ3) is 2.13. The van der Waals surface area contributed by atoms with Gasteiger partial charge in [0.2, 0.25) is 5.91 Å². The van der Waals surface area contributed by atoms with Crippen molar-refractivity contribution in [2.75, 3.05) is 20.2 Å². The summed E-state index contributed by atoms with van der Waals surface area (Å²) in [5, 5.41) is 12.0. The van der Waals surface area contributed by atoms with Crippen LogP contribution in [-0.4, -0.2) is 47.8 Å². The number of likely N-dealkylation sites (tertiary alicyclic amines) is 1. The van der Waals surface area contributed by atoms with Crippen LogP contribution < -0.4 is 10.5 Å². The van der Waals surface area contributed by atoms with E-state index in [4.69, 9.17) is 10.5 Å². The number of fused-ring (bicyclic) bond motifs is 1. The highest BCUT2D eigenvalue weighted by Gasteiger charge is 2.67. The van der Waals surface area contributed by atoms with Crippen LogP contribution in [0.1, 0.15) is 43.2 Å². The second-order valence-electron chi connectivity index (χ2n) is 8.95. The summed E-state index contributed by atoms with van der Waals surface area (Å²) in [6, 6.07) is 6.35. The number of hydrogen-bond donors (Lipinski definition) is 2. The molecule has 2 saturated carbocycles. The van der Waals surface area contributed by atoms with E-state index in [9.17, 15) is 9.90 Å². The summed E-state index contributed by atoms with van der Waals surface area (Å²) >= 11 is 0. The zero-order valence-corrected chi connectivity index (χ0v) is 15.4. The molecule has 26 heavy (non-hydrogen) atoms. The lowest BCUT2D eigenvalue weighted by atomic mass is 9.56. The van der Waals surface area contributed by atoms with Crippen molar-refractivity contribution in [1.29, 1.82) is 0 Å². The first-order chi connectivity index (χ1) is 12.5. The van der Waals surface area contributed by atoms with Crippen LogP contribution in [0.4, 0.5) is 0 Å². The molecular formula is C21H28N2O3. The number of carbonyl (C=O) groups is 1. The van der Waals surface area contributed by atoms with E-state index >= 15 is 0 Å². The molecule has 0 unspecified atom stereocenters. The molecule has 0 aromatic heterocycles. The third-order valence-corrected chi connectivity index (χ3v) is 7.64. The van der Waals surface area contributed by atoms with Gasteiger partial charge in [-0.3, -0.25) is 9.69 Å². The Labute approximate surface area is 154 Å². The number of ether oxygens (including phenoxy) is 1. The molecular weight excluding hydrogens is 328 g/mol. The molecule has 1 saturated heterocycles. The van der Waals surface area contributed by atoms with E-state index in [2.05, 4.69) is 17.0 Å². The summed E-state index contributed by atoms with van der Waals surface area (Å²) in [6.07, 6.45) is 5.50. The zero-order chi connectivity index (χ0) is 18.1. The highest BCUT2D eigenvalue weighted by atomic mass is 16.5. The van der Waals surface area contributed by atoms with Crippen LogP contribution in [-0.2, 0) is 16.6 Å². The number of methoxy groups -OCH3 is 1. The quantitative estimate of drug-likeness (QED) is 0.859. The van der Waals surface area contributed by atoms with Gasteiger partial charge < -0.3 is 15.6 Å². The Hall–Kier alpha value is -1.59. The molecule has 5 heteroatoms. The van der Waals surface area contributed by atoms with Crippen molar-refractivity contribution in [3.05, 3.63) is 29.3 Å². The molecule has 5 nitrogen and oxygen atoms in total. The first-order valence-electron chi connectivity index (χ1n) is 9.90. The predicted octanol–water partition coefficient (Wildman–Crippen LogP) is 1.60. The van der Waals surface area contributed by atoms with Crippen LogP contribution in [0.25, 0.3) is 0 Å². The Morgan fingerprint density at radius 3 is 2.88 bits per heavy atom. The van der Waals surface area contributed by atoms with Crippen molar-refractivity contribution >= 4 is 5.91 Å². The average Bonchev–Trinajstić information content (AvgIpc) is 3.36. The summed E-state index contributed by atoms with van der Waals surface area (Å²) in [6.45, 7) is 2.07. The lowest BCUT2D eigenvalue weighted by molar-refractivity contribution is -0.133. The molecule has 3 aliphatic carbocycles. The monoisotopic (exact) mass is 356 g/mol. The number of rotatable bonds is 4. The molecule has 2 bridgehead atoms. The van der Waals surface area contributed by atoms with Crippen LogP contribution in [0.2, 0.25) is 0 Å². The van der Waals surface area contributed by atoms with Crippen molar-refractivity contribution in [2.45, 2.75) is 55.6 Å². The number of nitrogens with zero attached hydrogens (tertiary/aromatic N) is 1. The van der Waals surface area contributed by atoms with Gasteiger partial charge >= 0.3 is 0 Å². The summed E-state index contributed by atoms with van der Waals surface area (Å²) in [7, 11) is 1.68. The summed E-state index contributed by atoms with van der Waals surface area (Å²) in [4.78, 5) is 14.6. The number of piperidine rings is 1. The first-order valence-corrected chi connectivity index (χ1v) is 9.90. The van der Waals surface area contributed by atoms with Crippen molar-refractivity contribution in [3.8, 4) is 5.75 Å². The van der Waals surface area contributed by atoms with Crippen molar-refractivity contribution in [1.82, 2.24) is 4.90 Å². The average molecular weight is 356 g/mol. The topological polar surface area (TPSA) is 75.8 Å². The van der Waals surface area contributed by atoms with Crippen LogP contribution >= 0.6 is 0 Å². The van der Waals surface area contributed by atoms with Gasteiger partial charge in [-0.05, 0) is 74.2 Å². The molecule has 5 rings (SSSR count). The lowest BCUT2D eigenvalue weighted by Crippen LogP contribution is -2.69. The van der Waals surface area contributed by atoms with E-state index in [-0.39, 0.29) is 23.3 Å². The number of benzene rings is 1. The van der Waals surface area contributed by atoms with Crippen molar-refractivity contribution in [3.63, 3.8) is 0 Å². The van der Waals surface area contributed by atoms with Gasteiger partial charge in [0.15, 0.2) is 0 Å². The molecule has 4 atom stereocenters. The molecule has 0 spiro atoms. The minimum atomic E-state index is -0.876. The van der Waals surface area contributed by atoms with E-state index in [1.54, 1.807) is 7.11 Å². The number of primary amides is 1. The third-order valence-electron chi connectivity index (χ3n) is 7.64. The van der Waals surface area contributed by atoms with Gasteiger partial charge in [-0.2, -0.15) is 0 Å². The van der Waals surface area contributed by atoms with Crippen LogP contribution in [0, 0.1) is 11.8 Å². The fraction of sp³-hybridized carbons (Fsp3) is 0.667. The standard InChI is InChI=1S/C21H28N2O3/c1-26-16-5-4-14-8-18-21(25)11-15(19(22)24)10-20(21,17(14)9-16)6-7-23(18)12-13-2-3-13/h4-5,9,13,15,18,25H,2-3,6-8,10-12H2,1H3,(H2,22,24)/t15-,18-,20-,21-/m1/s1. The lowest BCUT2D eigenvalue weighted by Gasteiger charge is -2.59. The van der Waals surface area contributed by atoms with Gasteiger partial charge in [-0.1, -0.05) is 6.07 Å². The van der Waals surface area contributed by atoms with Gasteiger partial charge in [0.05, 0.1) is 12.7 Å². The molecule has 0 radical (unpaired) electrons. The summed E-state index contributed by atoms with van der Waals surface area (Å²) < 4.78 is 5.47. The van der Waals surface area contributed by atoms with Gasteiger partial charge in [0.25, 0.3) is 0 Å². The maximum absolute atomic E-state index is 12.0. The zero-order valence-electron chi connectivity index (χ0n) is 15.4. The van der Waals surface area contributed by atoms with Crippen LogP contribution in [0.5, 0.6) is 5.75 Å². The summed E-state index contributed by atoms with van der Waals surface area (Å²) in [5.41, 5.74) is 6.94. The Balaban J connectivity index is 1.63. The first kappa shape index (κ1) is 16.6. The molecule has 4 aliphatic rings. The van der Waals surface area contributed by atoms with Crippen LogP contribution in [0.15, 0.2) is 18.2 Å². The SMILES string of the molecule is COc1ccc2c(c1)[C@]13CCN(CC4CC4)[C@H](C2)[C@]1(O)C[C@H](C(N)=O)C3. The molecule has 1 heterocycles. The summed E-state index contributed by atoms with van der Waals surface area (Å²) in [5.74, 6) is 1.09. The fourth-order valence-corrected chi connectivity index (χ4v) is 6.15. The molecule has 3 N–H and O–H groups in total. The van der Waals surface area contributed by atoms with E-state index in [0.29, 0.717) is 12.8 Å². The maximum Gasteiger partial charge on any atom is 0.220 e. The molecule has 1 aromatic carbocycles. The number of hydrogen-bond acceptors (Lipinski definition) is 4. The minimum absolute atomic E-state index is 0.0853. The van der Waals surface area contributed by atoms with E-state index in [1.165, 1.54) is 24.0 Å². The van der Waals surface area contributed by atoms with Crippen molar-refractivity contribution < 1.29 is 14.6 Å². The van der Waals surface area contributed by atoms with Crippen molar-refractivity contribution in [2.24, 2.45) is 17.6 Å². The molecule has 1 aromatic rings. The minimum Gasteiger partial charge on any atom is -0.497 e. The Bertz CT molecular complexity index is 762. The van der Waals surface area contributed by atoms with Crippen LogP contribution in [0.3, 0.4) is 0 Å². The molecule has 140 valence electrons. The van der Waals surface area contributed by atoms with E-state index < -0.39 is 5.60 Å². The van der Waals surface area contributed by atoms with Gasteiger partial charge in [-0.15, -0.1) is 0 Å². The number of nitrogens with two attached hydrogens (primary N) is 1. The fourth-order valence-electron chi connectivity index (χ4n) is 6.15. The Morgan fingerprint density at radius 1 is 1.38 bits per heavy atom. The Kier molecular flexibility index (Phi) is 3.48. The largest absolute Gasteiger partial charge is 0.497 e. The van der Waals surface area contributed by atoms with E-state index in [0.717, 1.165) is 37.6 Å². The van der Waals surface area contributed by atoms with Gasteiger partial charge in [-0.25, -0.2) is 0 Å². The van der Waals surface area contributed by atoms with Gasteiger partial charge in [0, 0.05) is 23.9 Å². The predicted molar refractivity (Wildman–Crippen MR) is 97.9 cm³/mol. The normalized spacial score (nSPS) is 38.5. The van der Waals surface area contributed by atoms with Gasteiger partial charge in [0.1, 0.15) is 5.75 Å². The molecule has 1 amide bonds. The Morgan fingerprint density at radius 2 is 2.19 bits per heavy atom. The highest BCUT2D eigenvalue weighted by molar-refractivity contribution is 5.78. The number of amides is 1.